The fourth-order valence-electron chi connectivity index (χ4n) is 9.26. The van der Waals surface area contributed by atoms with Gasteiger partial charge in [-0.3, -0.25) is 18.6 Å². The molecule has 0 aromatic carbocycles. The van der Waals surface area contributed by atoms with Crippen molar-refractivity contribution in [3.05, 3.63) is 24.3 Å². The Balaban J connectivity index is 3.76. The molecule has 3 N–H and O–H groups in total. The second kappa shape index (κ2) is 57.8. The van der Waals surface area contributed by atoms with Gasteiger partial charge in [-0.05, 0) is 44.9 Å². The topological polar surface area (TPSA) is 134 Å². The quantitative estimate of drug-likeness (QED) is 0.0264. The zero-order valence-corrected chi connectivity index (χ0v) is 47.9. The number of carbonyl (C=O) groups is 2. The molecule has 0 aliphatic carbocycles. The van der Waals surface area contributed by atoms with E-state index in [1.807, 2.05) is 0 Å². The van der Waals surface area contributed by atoms with Crippen molar-refractivity contribution in [2.24, 2.45) is 5.73 Å². The van der Waals surface area contributed by atoms with E-state index >= 15 is 0 Å². The molecule has 0 aliphatic heterocycles. The average Bonchev–Trinajstić information content (AvgIpc) is 3.36. The molecule has 0 rings (SSSR count). The van der Waals surface area contributed by atoms with Crippen molar-refractivity contribution in [1.29, 1.82) is 0 Å². The molecule has 0 radical (unpaired) electrons. The summed E-state index contributed by atoms with van der Waals surface area (Å²) in [5.74, 6) is -0.829. The molecule has 0 fully saturated rings. The molecule has 0 heterocycles. The SMILES string of the molecule is CCCCC/C=C\C/C=C\CCCCCCCC(=O)OC(COC(=O)CCCCCCCCCCCCCCCCCCCCCCCCCCCCCCCCCCCCC)COP(=O)(O)OCCN. The van der Waals surface area contributed by atoms with Crippen molar-refractivity contribution in [2.45, 2.75) is 328 Å². The molecule has 2 unspecified atom stereocenters. The number of hydrogen-bond acceptors (Lipinski definition) is 8. The number of rotatable bonds is 59. The van der Waals surface area contributed by atoms with Crippen LogP contribution in [0.2, 0.25) is 0 Å². The zero-order valence-electron chi connectivity index (χ0n) is 47.0. The summed E-state index contributed by atoms with van der Waals surface area (Å²) >= 11 is 0. The van der Waals surface area contributed by atoms with Crippen LogP contribution in [-0.2, 0) is 32.7 Å². The highest BCUT2D eigenvalue weighted by Crippen LogP contribution is 2.43. The fraction of sp³-hybridized carbons (Fsp3) is 0.902. The van der Waals surface area contributed by atoms with E-state index in [1.165, 1.54) is 231 Å². The molecule has 420 valence electrons. The summed E-state index contributed by atoms with van der Waals surface area (Å²) in [6, 6.07) is 0. The third-order valence-corrected chi connectivity index (χ3v) is 14.8. The first-order valence-electron chi connectivity index (χ1n) is 30.8. The number of unbranched alkanes of at least 4 members (excludes halogenated alkanes) is 42. The number of carbonyl (C=O) groups excluding carboxylic acids is 2. The van der Waals surface area contributed by atoms with Gasteiger partial charge < -0.3 is 20.1 Å². The molecular weight excluding hydrogens is 906 g/mol. The normalized spacial score (nSPS) is 13.1. The average molecular weight is 1020 g/mol. The molecule has 0 aromatic heterocycles. The standard InChI is InChI=1S/C61H118NO8P/c1-3-5-7-9-11-13-15-17-19-20-21-22-23-24-25-26-27-28-29-30-31-32-33-34-35-36-37-38-40-41-43-45-47-49-51-53-60(63)67-57-59(58-69-71(65,66)68-56-55-62)70-61(64)54-52-50-48-46-44-42-39-18-16-14-12-10-8-6-4-2/h12,14,18,39,59H,3-11,13,15-17,19-38,40-58,62H2,1-2H3,(H,65,66)/b14-12-,39-18-. The number of allylic oxidation sites excluding steroid dienone is 4. The second-order valence-electron chi connectivity index (χ2n) is 20.9. The van der Waals surface area contributed by atoms with E-state index in [4.69, 9.17) is 24.3 Å². The largest absolute Gasteiger partial charge is 0.472 e. The molecule has 0 aliphatic rings. The lowest BCUT2D eigenvalue weighted by Gasteiger charge is -2.19. The summed E-state index contributed by atoms with van der Waals surface area (Å²) in [4.78, 5) is 35.1. The molecule has 0 amide bonds. The molecule has 10 heteroatoms. The Labute approximate surface area is 440 Å². The maximum atomic E-state index is 12.6. The third-order valence-electron chi connectivity index (χ3n) is 13.8. The van der Waals surface area contributed by atoms with Gasteiger partial charge in [-0.1, -0.05) is 289 Å². The summed E-state index contributed by atoms with van der Waals surface area (Å²) in [6.07, 6.45) is 68.5. The van der Waals surface area contributed by atoms with E-state index in [0.29, 0.717) is 6.42 Å². The third kappa shape index (κ3) is 57.6. The summed E-state index contributed by atoms with van der Waals surface area (Å²) in [5, 5.41) is 0. The molecule has 0 aromatic rings. The molecule has 2 atom stereocenters. The highest BCUT2D eigenvalue weighted by Gasteiger charge is 2.26. The Morgan fingerprint density at radius 2 is 0.732 bits per heavy atom. The number of nitrogens with two attached hydrogens (primary N) is 1. The zero-order chi connectivity index (χ0) is 51.7. The van der Waals surface area contributed by atoms with Gasteiger partial charge in [-0.2, -0.15) is 0 Å². The molecule has 0 bridgehead atoms. The van der Waals surface area contributed by atoms with Gasteiger partial charge in [0.2, 0.25) is 0 Å². The number of esters is 2. The van der Waals surface area contributed by atoms with Crippen molar-refractivity contribution >= 4 is 19.8 Å². The first-order valence-corrected chi connectivity index (χ1v) is 32.3. The predicted octanol–water partition coefficient (Wildman–Crippen LogP) is 19.4. The summed E-state index contributed by atoms with van der Waals surface area (Å²) in [7, 11) is -4.39. The van der Waals surface area contributed by atoms with Crippen molar-refractivity contribution in [3.63, 3.8) is 0 Å². The van der Waals surface area contributed by atoms with Gasteiger partial charge in [-0.15, -0.1) is 0 Å². The summed E-state index contributed by atoms with van der Waals surface area (Å²) < 4.78 is 33.0. The van der Waals surface area contributed by atoms with Crippen LogP contribution in [0.4, 0.5) is 0 Å². The highest BCUT2D eigenvalue weighted by atomic mass is 31.2. The maximum Gasteiger partial charge on any atom is 0.472 e. The summed E-state index contributed by atoms with van der Waals surface area (Å²) in [6.45, 7) is 3.75. The Kier molecular flexibility index (Phi) is 56.5. The monoisotopic (exact) mass is 1020 g/mol. The lowest BCUT2D eigenvalue weighted by atomic mass is 10.0. The molecule has 0 spiro atoms. The Morgan fingerprint density at radius 1 is 0.423 bits per heavy atom. The molecule has 9 nitrogen and oxygen atoms in total. The van der Waals surface area contributed by atoms with Crippen LogP contribution in [0.1, 0.15) is 322 Å². The van der Waals surface area contributed by atoms with Crippen LogP contribution in [0, 0.1) is 0 Å². The van der Waals surface area contributed by atoms with E-state index in [-0.39, 0.29) is 38.6 Å². The van der Waals surface area contributed by atoms with Crippen LogP contribution in [0.25, 0.3) is 0 Å². The van der Waals surface area contributed by atoms with E-state index in [1.54, 1.807) is 0 Å². The predicted molar refractivity (Wildman–Crippen MR) is 303 cm³/mol. The van der Waals surface area contributed by atoms with Crippen molar-refractivity contribution in [3.8, 4) is 0 Å². The minimum absolute atomic E-state index is 0.0528. The summed E-state index contributed by atoms with van der Waals surface area (Å²) in [5.41, 5.74) is 5.38. The highest BCUT2D eigenvalue weighted by molar-refractivity contribution is 7.47. The number of ether oxygens (including phenoxy) is 2. The van der Waals surface area contributed by atoms with Gasteiger partial charge in [0.25, 0.3) is 0 Å². The van der Waals surface area contributed by atoms with Crippen LogP contribution in [-0.4, -0.2) is 49.3 Å². The van der Waals surface area contributed by atoms with Crippen LogP contribution in [0.15, 0.2) is 24.3 Å². The molecule has 71 heavy (non-hydrogen) atoms. The van der Waals surface area contributed by atoms with Gasteiger partial charge in [0.1, 0.15) is 6.61 Å². The Hall–Kier alpha value is -1.51. The first kappa shape index (κ1) is 69.5. The first-order chi connectivity index (χ1) is 34.8. The van der Waals surface area contributed by atoms with Gasteiger partial charge in [0, 0.05) is 19.4 Å². The van der Waals surface area contributed by atoms with Crippen molar-refractivity contribution in [2.75, 3.05) is 26.4 Å². The van der Waals surface area contributed by atoms with Crippen LogP contribution in [0.5, 0.6) is 0 Å². The molecule has 0 saturated carbocycles. The van der Waals surface area contributed by atoms with Gasteiger partial charge in [0.15, 0.2) is 6.10 Å². The smallest absolute Gasteiger partial charge is 0.462 e. The molecular formula is C61H118NO8P. The van der Waals surface area contributed by atoms with Gasteiger partial charge >= 0.3 is 19.8 Å². The van der Waals surface area contributed by atoms with E-state index in [2.05, 4.69) is 38.2 Å². The van der Waals surface area contributed by atoms with Gasteiger partial charge in [0.05, 0.1) is 13.2 Å². The van der Waals surface area contributed by atoms with E-state index < -0.39 is 26.5 Å². The Bertz CT molecular complexity index is 1210. The van der Waals surface area contributed by atoms with Crippen LogP contribution < -0.4 is 5.73 Å². The van der Waals surface area contributed by atoms with E-state index in [0.717, 1.165) is 57.8 Å². The Morgan fingerprint density at radius 3 is 1.10 bits per heavy atom. The second-order valence-corrected chi connectivity index (χ2v) is 22.4. The number of phosphoric acid groups is 1. The fourth-order valence-corrected chi connectivity index (χ4v) is 10.0. The maximum absolute atomic E-state index is 12.6. The lowest BCUT2D eigenvalue weighted by molar-refractivity contribution is -0.161. The van der Waals surface area contributed by atoms with Crippen LogP contribution >= 0.6 is 7.82 Å². The number of phosphoric ester groups is 1. The minimum atomic E-state index is -4.39. The van der Waals surface area contributed by atoms with Crippen LogP contribution in [0.3, 0.4) is 0 Å². The number of hydrogen-bond donors (Lipinski definition) is 2. The molecule has 0 saturated heterocycles. The van der Waals surface area contributed by atoms with Gasteiger partial charge in [-0.25, -0.2) is 4.57 Å². The minimum Gasteiger partial charge on any atom is -0.462 e. The van der Waals surface area contributed by atoms with Crippen molar-refractivity contribution < 1.29 is 37.6 Å². The lowest BCUT2D eigenvalue weighted by Crippen LogP contribution is -2.29. The van der Waals surface area contributed by atoms with Crippen molar-refractivity contribution in [1.82, 2.24) is 0 Å². The van der Waals surface area contributed by atoms with E-state index in [9.17, 15) is 19.0 Å².